The molecule has 3 aromatic rings. The molecule has 0 amide bonds. The number of benzene rings is 1. The number of hydrogen-bond acceptors (Lipinski definition) is 6. The van der Waals surface area contributed by atoms with Crippen molar-refractivity contribution in [3.63, 3.8) is 0 Å². The van der Waals surface area contributed by atoms with E-state index in [9.17, 15) is 8.78 Å². The third-order valence-corrected chi connectivity index (χ3v) is 6.59. The van der Waals surface area contributed by atoms with Crippen LogP contribution in [0.3, 0.4) is 0 Å². The summed E-state index contributed by atoms with van der Waals surface area (Å²) in [6.45, 7) is 8.78. The fourth-order valence-corrected chi connectivity index (χ4v) is 4.67. The van der Waals surface area contributed by atoms with Gasteiger partial charge in [0.1, 0.15) is 5.82 Å². The number of rotatable bonds is 5. The summed E-state index contributed by atoms with van der Waals surface area (Å²) in [5.74, 6) is -0.481. The molecule has 1 aliphatic rings. The van der Waals surface area contributed by atoms with Gasteiger partial charge in [-0.25, -0.2) is 13.8 Å². The van der Waals surface area contributed by atoms with Gasteiger partial charge in [0.15, 0.2) is 11.6 Å². The summed E-state index contributed by atoms with van der Waals surface area (Å²) in [5.41, 5.74) is 1.58. The molecule has 0 radical (unpaired) electrons. The molecular weight excluding hydrogens is 422 g/mol. The molecular formula is C25H30F2N6. The van der Waals surface area contributed by atoms with Crippen LogP contribution in [-0.2, 0) is 0 Å². The second kappa shape index (κ2) is 8.67. The maximum Gasteiger partial charge on any atom is 0.229 e. The van der Waals surface area contributed by atoms with E-state index in [2.05, 4.69) is 65.2 Å². The third-order valence-electron chi connectivity index (χ3n) is 6.59. The molecule has 8 heteroatoms. The molecule has 1 saturated heterocycles. The topological polar surface area (TPSA) is 66.0 Å². The fraction of sp³-hybridized carbons (Fsp3) is 0.400. The van der Waals surface area contributed by atoms with Crippen molar-refractivity contribution in [2.24, 2.45) is 0 Å². The van der Waals surface area contributed by atoms with Gasteiger partial charge < -0.3 is 10.6 Å². The summed E-state index contributed by atoms with van der Waals surface area (Å²) in [6, 6.07) is 8.23. The average molecular weight is 453 g/mol. The van der Waals surface area contributed by atoms with Crippen LogP contribution in [0.2, 0.25) is 0 Å². The number of anilines is 3. The minimum atomic E-state index is -0.509. The van der Waals surface area contributed by atoms with E-state index in [1.165, 1.54) is 6.07 Å². The molecule has 0 spiro atoms. The summed E-state index contributed by atoms with van der Waals surface area (Å²) in [7, 11) is 2.13. The average Bonchev–Trinajstić information content (AvgIpc) is 2.76. The number of piperidine rings is 1. The highest BCUT2D eigenvalue weighted by molar-refractivity contribution is 5.69. The first-order valence-corrected chi connectivity index (χ1v) is 11.1. The van der Waals surface area contributed by atoms with Crippen molar-refractivity contribution in [2.75, 3.05) is 17.7 Å². The maximum absolute atomic E-state index is 14.6. The number of halogens is 2. The van der Waals surface area contributed by atoms with E-state index in [0.717, 1.165) is 19.0 Å². The van der Waals surface area contributed by atoms with Crippen molar-refractivity contribution in [2.45, 2.75) is 57.7 Å². The lowest BCUT2D eigenvalue weighted by Crippen LogP contribution is -2.61. The maximum atomic E-state index is 14.6. The minimum Gasteiger partial charge on any atom is -0.365 e. The number of likely N-dealkylation sites (tertiary alicyclic amines) is 1. The Balaban J connectivity index is 1.55. The van der Waals surface area contributed by atoms with E-state index in [4.69, 9.17) is 0 Å². The van der Waals surface area contributed by atoms with Gasteiger partial charge in [0, 0.05) is 46.3 Å². The van der Waals surface area contributed by atoms with Gasteiger partial charge in [0.05, 0.1) is 6.20 Å². The first kappa shape index (κ1) is 23.0. The third kappa shape index (κ3) is 4.95. The summed E-state index contributed by atoms with van der Waals surface area (Å²) >= 11 is 0. The molecule has 0 aliphatic carbocycles. The van der Waals surface area contributed by atoms with Crippen molar-refractivity contribution in [3.8, 4) is 11.1 Å². The zero-order chi connectivity index (χ0) is 23.8. The molecule has 6 nitrogen and oxygen atoms in total. The van der Waals surface area contributed by atoms with Crippen LogP contribution in [0.15, 0.2) is 48.9 Å². The molecule has 0 bridgehead atoms. The van der Waals surface area contributed by atoms with Gasteiger partial charge in [0.2, 0.25) is 5.95 Å². The zero-order valence-corrected chi connectivity index (χ0v) is 19.7. The van der Waals surface area contributed by atoms with E-state index in [0.29, 0.717) is 16.8 Å². The second-order valence-electron chi connectivity index (χ2n) is 9.88. The molecule has 1 aliphatic heterocycles. The number of nitrogens with one attached hydrogen (secondary N) is 2. The summed E-state index contributed by atoms with van der Waals surface area (Å²) in [4.78, 5) is 14.9. The molecule has 1 fully saturated rings. The summed E-state index contributed by atoms with van der Waals surface area (Å²) < 4.78 is 29.0. The van der Waals surface area contributed by atoms with Gasteiger partial charge in [-0.3, -0.25) is 9.88 Å². The Bertz CT molecular complexity index is 1110. The number of nitrogens with zero attached hydrogens (tertiary/aromatic N) is 4. The Labute approximate surface area is 193 Å². The predicted molar refractivity (Wildman–Crippen MR) is 127 cm³/mol. The summed E-state index contributed by atoms with van der Waals surface area (Å²) in [6.07, 6.45) is 6.09. The Morgan fingerprint density at radius 2 is 1.73 bits per heavy atom. The molecule has 0 saturated carbocycles. The SMILES string of the molecule is CN1C(C)(C)CC(Nc2nc(Nc3ccc(F)c(-c4cccnc4)c3)ncc2F)CC1(C)C. The first-order chi connectivity index (χ1) is 15.5. The molecule has 0 unspecified atom stereocenters. The zero-order valence-electron chi connectivity index (χ0n) is 19.7. The number of aromatic nitrogens is 3. The molecule has 33 heavy (non-hydrogen) atoms. The van der Waals surface area contributed by atoms with Gasteiger partial charge in [-0.2, -0.15) is 4.98 Å². The van der Waals surface area contributed by atoms with Crippen LogP contribution < -0.4 is 10.6 Å². The molecule has 0 atom stereocenters. The number of hydrogen-bond donors (Lipinski definition) is 2. The Kier molecular flexibility index (Phi) is 6.05. The smallest absolute Gasteiger partial charge is 0.229 e. The van der Waals surface area contributed by atoms with Gasteiger partial charge >= 0.3 is 0 Å². The van der Waals surface area contributed by atoms with Crippen molar-refractivity contribution in [1.82, 2.24) is 19.9 Å². The molecule has 174 valence electrons. The molecule has 2 N–H and O–H groups in total. The van der Waals surface area contributed by atoms with Crippen LogP contribution in [0.1, 0.15) is 40.5 Å². The molecule has 3 heterocycles. The van der Waals surface area contributed by atoms with Crippen LogP contribution in [0.5, 0.6) is 0 Å². The van der Waals surface area contributed by atoms with E-state index in [-0.39, 0.29) is 34.7 Å². The van der Waals surface area contributed by atoms with Gasteiger partial charge in [-0.15, -0.1) is 0 Å². The predicted octanol–water partition coefficient (Wildman–Crippen LogP) is 5.62. The Hall–Kier alpha value is -3.13. The highest BCUT2D eigenvalue weighted by Gasteiger charge is 2.43. The monoisotopic (exact) mass is 452 g/mol. The van der Waals surface area contributed by atoms with E-state index >= 15 is 0 Å². The van der Waals surface area contributed by atoms with Crippen LogP contribution in [0, 0.1) is 11.6 Å². The fourth-order valence-electron chi connectivity index (χ4n) is 4.67. The van der Waals surface area contributed by atoms with Crippen LogP contribution in [0.4, 0.5) is 26.2 Å². The van der Waals surface area contributed by atoms with Crippen molar-refractivity contribution < 1.29 is 8.78 Å². The standard InChI is InChI=1S/C25H30F2N6/c1-24(2)12-18(13-25(3,4)33(24)5)30-22-21(27)15-29-23(32-22)31-17-8-9-20(26)19(11-17)16-7-6-10-28-14-16/h6-11,14-15,18H,12-13H2,1-5H3,(H2,29,30,31,32). The Morgan fingerprint density at radius 1 is 1.00 bits per heavy atom. The van der Waals surface area contributed by atoms with E-state index < -0.39 is 5.82 Å². The Morgan fingerprint density at radius 3 is 2.39 bits per heavy atom. The molecule has 4 rings (SSSR count). The lowest BCUT2D eigenvalue weighted by molar-refractivity contribution is -0.00778. The van der Waals surface area contributed by atoms with Gasteiger partial charge in [-0.1, -0.05) is 6.07 Å². The van der Waals surface area contributed by atoms with Gasteiger partial charge in [-0.05, 0) is 71.8 Å². The molecule has 1 aromatic carbocycles. The van der Waals surface area contributed by atoms with Crippen LogP contribution in [0.25, 0.3) is 11.1 Å². The van der Waals surface area contributed by atoms with Crippen molar-refractivity contribution in [1.29, 1.82) is 0 Å². The lowest BCUT2D eigenvalue weighted by Gasteiger charge is -2.53. The molecule has 2 aromatic heterocycles. The van der Waals surface area contributed by atoms with Crippen LogP contribution in [-0.4, -0.2) is 44.0 Å². The van der Waals surface area contributed by atoms with Gasteiger partial charge in [0.25, 0.3) is 0 Å². The minimum absolute atomic E-state index is 0.0409. The lowest BCUT2D eigenvalue weighted by atomic mass is 9.77. The van der Waals surface area contributed by atoms with E-state index in [1.807, 2.05) is 0 Å². The summed E-state index contributed by atoms with van der Waals surface area (Å²) in [5, 5.41) is 6.35. The highest BCUT2D eigenvalue weighted by atomic mass is 19.1. The normalized spacial score (nSPS) is 18.2. The van der Waals surface area contributed by atoms with E-state index in [1.54, 1.807) is 36.7 Å². The van der Waals surface area contributed by atoms with Crippen LogP contribution >= 0.6 is 0 Å². The van der Waals surface area contributed by atoms with Crippen molar-refractivity contribution in [3.05, 3.63) is 60.6 Å². The second-order valence-corrected chi connectivity index (χ2v) is 9.88. The highest BCUT2D eigenvalue weighted by Crippen LogP contribution is 2.38. The first-order valence-electron chi connectivity index (χ1n) is 11.1. The number of pyridine rings is 1. The van der Waals surface area contributed by atoms with Crippen molar-refractivity contribution >= 4 is 17.5 Å². The largest absolute Gasteiger partial charge is 0.365 e. The quantitative estimate of drug-likeness (QED) is 0.524.